The van der Waals surface area contributed by atoms with Crippen LogP contribution < -0.4 is 5.32 Å². The van der Waals surface area contributed by atoms with Gasteiger partial charge in [0.15, 0.2) is 0 Å². The van der Waals surface area contributed by atoms with Crippen molar-refractivity contribution in [1.82, 2.24) is 15.2 Å². The first-order valence-electron chi connectivity index (χ1n) is 7.72. The molecule has 1 atom stereocenters. The van der Waals surface area contributed by atoms with E-state index in [9.17, 15) is 4.79 Å². The van der Waals surface area contributed by atoms with Gasteiger partial charge in [0.1, 0.15) is 5.69 Å². The Morgan fingerprint density at radius 1 is 1.09 bits per heavy atom. The third kappa shape index (κ3) is 3.60. The molecule has 0 fully saturated rings. The Morgan fingerprint density at radius 3 is 2.48 bits per heavy atom. The van der Waals surface area contributed by atoms with Crippen molar-refractivity contribution in [3.8, 4) is 0 Å². The van der Waals surface area contributed by atoms with E-state index in [4.69, 9.17) is 0 Å². The number of H-pyrrole nitrogens is 1. The second kappa shape index (κ2) is 6.67. The van der Waals surface area contributed by atoms with Gasteiger partial charge in [-0.25, -0.2) is 0 Å². The fraction of sp³-hybridized carbons (Fsp3) is 0.211. The second-order valence-corrected chi connectivity index (χ2v) is 5.97. The molecule has 4 heteroatoms. The van der Waals surface area contributed by atoms with Crippen molar-refractivity contribution >= 4 is 16.8 Å². The molecule has 1 amide bonds. The molecule has 118 valence electrons. The number of nitrogens with one attached hydrogen (secondary N) is 2. The van der Waals surface area contributed by atoms with Gasteiger partial charge in [0.2, 0.25) is 0 Å². The van der Waals surface area contributed by atoms with Gasteiger partial charge in [-0.1, -0.05) is 48.5 Å². The molecule has 0 bridgehead atoms. The van der Waals surface area contributed by atoms with Crippen LogP contribution >= 0.6 is 0 Å². The summed E-state index contributed by atoms with van der Waals surface area (Å²) in [5.41, 5.74) is 2.66. The number of aromatic amines is 1. The normalized spacial score (nSPS) is 12.5. The molecule has 23 heavy (non-hydrogen) atoms. The maximum atomic E-state index is 12.6. The summed E-state index contributed by atoms with van der Waals surface area (Å²) in [5.74, 6) is -0.0862. The van der Waals surface area contributed by atoms with E-state index in [1.165, 1.54) is 0 Å². The van der Waals surface area contributed by atoms with Crippen LogP contribution in [0.25, 0.3) is 10.9 Å². The Kier molecular flexibility index (Phi) is 4.44. The van der Waals surface area contributed by atoms with Crippen molar-refractivity contribution in [2.75, 3.05) is 20.6 Å². The summed E-state index contributed by atoms with van der Waals surface area (Å²) in [6.07, 6.45) is 0. The average Bonchev–Trinajstić information content (AvgIpc) is 2.99. The largest absolute Gasteiger partial charge is 0.351 e. The molecule has 2 aromatic carbocycles. The molecule has 0 spiro atoms. The molecule has 0 saturated heterocycles. The predicted octanol–water partition coefficient (Wildman–Crippen LogP) is 3.20. The molecule has 0 aliphatic heterocycles. The first-order valence-corrected chi connectivity index (χ1v) is 7.72. The number of hydrogen-bond acceptors (Lipinski definition) is 2. The summed E-state index contributed by atoms with van der Waals surface area (Å²) in [5, 5.41) is 4.17. The number of aromatic nitrogens is 1. The first kappa shape index (κ1) is 15.3. The van der Waals surface area contributed by atoms with Crippen LogP contribution in [-0.2, 0) is 0 Å². The second-order valence-electron chi connectivity index (χ2n) is 5.97. The summed E-state index contributed by atoms with van der Waals surface area (Å²) in [6, 6.07) is 19.8. The number of para-hydroxylation sites is 1. The summed E-state index contributed by atoms with van der Waals surface area (Å²) in [4.78, 5) is 17.9. The van der Waals surface area contributed by atoms with Gasteiger partial charge in [-0.15, -0.1) is 0 Å². The van der Waals surface area contributed by atoms with Crippen LogP contribution in [0.5, 0.6) is 0 Å². The van der Waals surface area contributed by atoms with Gasteiger partial charge in [0, 0.05) is 17.4 Å². The number of amides is 1. The number of fused-ring (bicyclic) bond motifs is 1. The number of carbonyl (C=O) groups is 1. The van der Waals surface area contributed by atoms with Crippen LogP contribution in [0.3, 0.4) is 0 Å². The van der Waals surface area contributed by atoms with Crippen LogP contribution in [0.1, 0.15) is 22.1 Å². The third-order valence-electron chi connectivity index (χ3n) is 3.83. The van der Waals surface area contributed by atoms with Gasteiger partial charge in [-0.05, 0) is 31.8 Å². The molecule has 3 rings (SSSR count). The van der Waals surface area contributed by atoms with E-state index in [1.54, 1.807) is 0 Å². The third-order valence-corrected chi connectivity index (χ3v) is 3.83. The quantitative estimate of drug-likeness (QED) is 0.760. The maximum Gasteiger partial charge on any atom is 0.268 e. The van der Waals surface area contributed by atoms with Crippen LogP contribution in [0.15, 0.2) is 60.7 Å². The highest BCUT2D eigenvalue weighted by atomic mass is 16.1. The zero-order valence-electron chi connectivity index (χ0n) is 13.4. The highest BCUT2D eigenvalue weighted by molar-refractivity contribution is 5.98. The topological polar surface area (TPSA) is 48.1 Å². The van der Waals surface area contributed by atoms with Crippen molar-refractivity contribution in [1.29, 1.82) is 0 Å². The molecule has 2 N–H and O–H groups in total. The molecule has 0 radical (unpaired) electrons. The van der Waals surface area contributed by atoms with Crippen molar-refractivity contribution in [2.24, 2.45) is 0 Å². The number of nitrogens with zero attached hydrogens (tertiary/aromatic N) is 1. The molecule has 4 nitrogen and oxygen atoms in total. The van der Waals surface area contributed by atoms with Crippen LogP contribution in [0.2, 0.25) is 0 Å². The van der Waals surface area contributed by atoms with Gasteiger partial charge >= 0.3 is 0 Å². The van der Waals surface area contributed by atoms with Gasteiger partial charge in [-0.3, -0.25) is 4.79 Å². The summed E-state index contributed by atoms with van der Waals surface area (Å²) in [6.45, 7) is 0.746. The van der Waals surface area contributed by atoms with Crippen LogP contribution in [0, 0.1) is 0 Å². The van der Waals surface area contributed by atoms with Gasteiger partial charge < -0.3 is 15.2 Å². The van der Waals surface area contributed by atoms with Crippen LogP contribution in [0.4, 0.5) is 0 Å². The fourth-order valence-electron chi connectivity index (χ4n) is 2.72. The maximum absolute atomic E-state index is 12.6. The zero-order chi connectivity index (χ0) is 16.2. The van der Waals surface area contributed by atoms with E-state index in [0.29, 0.717) is 5.69 Å². The summed E-state index contributed by atoms with van der Waals surface area (Å²) in [7, 11) is 4.01. The summed E-state index contributed by atoms with van der Waals surface area (Å²) < 4.78 is 0. The van der Waals surface area contributed by atoms with Gasteiger partial charge in [0.25, 0.3) is 5.91 Å². The fourth-order valence-corrected chi connectivity index (χ4v) is 2.72. The van der Waals surface area contributed by atoms with Crippen molar-refractivity contribution in [3.05, 3.63) is 71.9 Å². The molecular weight excluding hydrogens is 286 g/mol. The van der Waals surface area contributed by atoms with E-state index >= 15 is 0 Å². The lowest BCUT2D eigenvalue weighted by atomic mass is 10.1. The van der Waals surface area contributed by atoms with Crippen LogP contribution in [-0.4, -0.2) is 36.4 Å². The monoisotopic (exact) mass is 307 g/mol. The van der Waals surface area contributed by atoms with E-state index < -0.39 is 0 Å². The molecule has 1 heterocycles. The minimum atomic E-state index is -0.0862. The van der Waals surface area contributed by atoms with Crippen molar-refractivity contribution in [3.63, 3.8) is 0 Å². The van der Waals surface area contributed by atoms with Gasteiger partial charge in [0.05, 0.1) is 6.04 Å². The van der Waals surface area contributed by atoms with E-state index in [0.717, 1.165) is 23.0 Å². The van der Waals surface area contributed by atoms with Crippen molar-refractivity contribution < 1.29 is 4.79 Å². The molecule has 0 aliphatic carbocycles. The molecule has 0 saturated carbocycles. The molecule has 1 aromatic heterocycles. The SMILES string of the molecule is CN(C)C[C@@H](NC(=O)c1cc2ccccc2[nH]1)c1ccccc1. The Bertz CT molecular complexity index is 759. The lowest BCUT2D eigenvalue weighted by molar-refractivity contribution is 0.0925. The predicted molar refractivity (Wildman–Crippen MR) is 93.5 cm³/mol. The average molecular weight is 307 g/mol. The Hall–Kier alpha value is -2.59. The molecular formula is C19H21N3O. The number of hydrogen-bond donors (Lipinski definition) is 2. The van der Waals surface area contributed by atoms with Crippen molar-refractivity contribution in [2.45, 2.75) is 6.04 Å². The molecule has 0 unspecified atom stereocenters. The minimum Gasteiger partial charge on any atom is -0.351 e. The summed E-state index contributed by atoms with van der Waals surface area (Å²) >= 11 is 0. The first-order chi connectivity index (χ1) is 11.1. The number of carbonyl (C=O) groups excluding carboxylic acids is 1. The Balaban J connectivity index is 1.82. The van der Waals surface area contributed by atoms with E-state index in [-0.39, 0.29) is 11.9 Å². The van der Waals surface area contributed by atoms with E-state index in [1.807, 2.05) is 74.8 Å². The molecule has 3 aromatic rings. The standard InChI is InChI=1S/C19H21N3O/c1-22(2)13-18(14-8-4-3-5-9-14)21-19(23)17-12-15-10-6-7-11-16(15)20-17/h3-12,18,20H,13H2,1-2H3,(H,21,23)/t18-/m1/s1. The number of benzene rings is 2. The van der Waals surface area contributed by atoms with E-state index in [2.05, 4.69) is 15.2 Å². The highest BCUT2D eigenvalue weighted by Gasteiger charge is 2.17. The lowest BCUT2D eigenvalue weighted by Crippen LogP contribution is -2.35. The number of rotatable bonds is 5. The molecule has 0 aliphatic rings. The van der Waals surface area contributed by atoms with Gasteiger partial charge in [-0.2, -0.15) is 0 Å². The Labute approximate surface area is 136 Å². The smallest absolute Gasteiger partial charge is 0.268 e. The zero-order valence-corrected chi connectivity index (χ0v) is 13.4. The Morgan fingerprint density at radius 2 is 1.78 bits per heavy atom. The minimum absolute atomic E-state index is 0.0508. The highest BCUT2D eigenvalue weighted by Crippen LogP contribution is 2.17. The number of likely N-dealkylation sites (N-methyl/N-ethyl adjacent to an activating group) is 1. The lowest BCUT2D eigenvalue weighted by Gasteiger charge is -2.22.